The third-order valence-corrected chi connectivity index (χ3v) is 9.34. The number of benzene rings is 2. The summed E-state index contributed by atoms with van der Waals surface area (Å²) in [6.45, 7) is 5.62. The fourth-order valence-corrected chi connectivity index (χ4v) is 6.33. The molecule has 4 N–H and O–H groups in total. The number of aliphatic hydroxyl groups excluding tert-OH is 1. The second-order valence-corrected chi connectivity index (χ2v) is 12.9. The number of aryl methyl sites for hydroxylation is 1. The second kappa shape index (κ2) is 14.0. The third-order valence-electron chi connectivity index (χ3n) is 7.49. The van der Waals surface area contributed by atoms with Gasteiger partial charge in [0.05, 0.1) is 23.6 Å². The van der Waals surface area contributed by atoms with Gasteiger partial charge in [0.15, 0.2) is 6.10 Å². The first kappa shape index (κ1) is 31.9. The molecule has 4 rings (SSSR count). The number of hydrogen-bond acceptors (Lipinski definition) is 8. The lowest BCUT2D eigenvalue weighted by Gasteiger charge is -2.31. The Morgan fingerprint density at radius 2 is 1.86 bits per heavy atom. The molecule has 0 aliphatic carbocycles. The van der Waals surface area contributed by atoms with E-state index in [1.165, 1.54) is 33.5 Å². The van der Waals surface area contributed by atoms with Crippen molar-refractivity contribution < 1.29 is 27.9 Å². The van der Waals surface area contributed by atoms with Gasteiger partial charge in [0.2, 0.25) is 10.0 Å². The summed E-state index contributed by atoms with van der Waals surface area (Å²) in [7, 11) is -4.00. The number of nitrogens with zero attached hydrogens (tertiary/aromatic N) is 3. The maximum atomic E-state index is 13.7. The van der Waals surface area contributed by atoms with E-state index in [9.17, 15) is 23.1 Å². The standard InChI is InChI=1S/C31H39N5O6S/c1-4-21(2)18-35(43(40,41)25-12-10-24(32)11-13-25)19-27(37)26(17-23-8-6-5-7-9-23)34-30(38)28-20-36(31(39)42-28)29-16-22(3)14-15-33-29/h5-16,21,26-28,37H,4,17-20,32H2,1-3H3,(H,34,38)/t21-,26-,27+,28?/m0/s1. The van der Waals surface area contributed by atoms with Crippen molar-refractivity contribution in [3.05, 3.63) is 84.1 Å². The maximum absolute atomic E-state index is 13.7. The first-order chi connectivity index (χ1) is 20.5. The van der Waals surface area contributed by atoms with Gasteiger partial charge in [-0.15, -0.1) is 0 Å². The average Bonchev–Trinajstić information content (AvgIpc) is 3.38. The Bertz CT molecular complexity index is 1500. The van der Waals surface area contributed by atoms with Gasteiger partial charge in [-0.2, -0.15) is 4.31 Å². The Labute approximate surface area is 252 Å². The highest BCUT2D eigenvalue weighted by molar-refractivity contribution is 7.89. The van der Waals surface area contributed by atoms with Gasteiger partial charge in [0, 0.05) is 25.0 Å². The van der Waals surface area contributed by atoms with Gasteiger partial charge in [0.1, 0.15) is 5.82 Å². The van der Waals surface area contributed by atoms with Gasteiger partial charge in [-0.3, -0.25) is 9.69 Å². The molecule has 2 amide bonds. The number of amides is 2. The number of pyridine rings is 1. The average molecular weight is 610 g/mol. The van der Waals surface area contributed by atoms with Crippen LogP contribution >= 0.6 is 0 Å². The molecule has 1 unspecified atom stereocenters. The summed E-state index contributed by atoms with van der Waals surface area (Å²) in [5.41, 5.74) is 7.93. The number of carbonyl (C=O) groups is 2. The lowest BCUT2D eigenvalue weighted by molar-refractivity contribution is -0.129. The molecule has 12 heteroatoms. The van der Waals surface area contributed by atoms with E-state index >= 15 is 0 Å². The van der Waals surface area contributed by atoms with Crippen LogP contribution in [0.4, 0.5) is 16.3 Å². The van der Waals surface area contributed by atoms with Crippen molar-refractivity contribution in [1.82, 2.24) is 14.6 Å². The first-order valence-corrected chi connectivity index (χ1v) is 15.7. The zero-order valence-electron chi connectivity index (χ0n) is 24.6. The molecule has 1 aromatic heterocycles. The number of nitrogens with one attached hydrogen (secondary N) is 1. The van der Waals surface area contributed by atoms with Crippen LogP contribution < -0.4 is 16.0 Å². The van der Waals surface area contributed by atoms with Crippen LogP contribution in [0.1, 0.15) is 31.4 Å². The molecular weight excluding hydrogens is 570 g/mol. The van der Waals surface area contributed by atoms with Gasteiger partial charge in [-0.1, -0.05) is 50.6 Å². The number of hydrogen-bond donors (Lipinski definition) is 3. The van der Waals surface area contributed by atoms with Gasteiger partial charge in [0.25, 0.3) is 5.91 Å². The molecule has 43 heavy (non-hydrogen) atoms. The van der Waals surface area contributed by atoms with E-state index in [2.05, 4.69) is 10.3 Å². The summed E-state index contributed by atoms with van der Waals surface area (Å²) in [5.74, 6) is -0.217. The number of aromatic nitrogens is 1. The van der Waals surface area contributed by atoms with Gasteiger partial charge in [-0.25, -0.2) is 18.2 Å². The topological polar surface area (TPSA) is 155 Å². The Hall–Kier alpha value is -4.00. The summed E-state index contributed by atoms with van der Waals surface area (Å²) < 4.78 is 34.0. The van der Waals surface area contributed by atoms with E-state index < -0.39 is 40.3 Å². The molecule has 1 aliphatic heterocycles. The van der Waals surface area contributed by atoms with Crippen molar-refractivity contribution in [1.29, 1.82) is 0 Å². The summed E-state index contributed by atoms with van der Waals surface area (Å²) in [6.07, 6.45) is -0.614. The largest absolute Gasteiger partial charge is 0.434 e. The molecule has 1 saturated heterocycles. The lowest BCUT2D eigenvalue weighted by Crippen LogP contribution is -2.53. The number of nitrogens with two attached hydrogens (primary N) is 1. The molecule has 1 fully saturated rings. The van der Waals surface area contributed by atoms with Crippen molar-refractivity contribution in [2.24, 2.45) is 5.92 Å². The number of carbonyl (C=O) groups excluding carboxylic acids is 2. The highest BCUT2D eigenvalue weighted by Gasteiger charge is 2.39. The van der Waals surface area contributed by atoms with Crippen molar-refractivity contribution in [2.45, 2.75) is 56.8 Å². The predicted octanol–water partition coefficient (Wildman–Crippen LogP) is 3.12. The second-order valence-electron chi connectivity index (χ2n) is 11.0. The van der Waals surface area contributed by atoms with Crippen molar-refractivity contribution >= 4 is 33.5 Å². The molecule has 0 spiro atoms. The predicted molar refractivity (Wildman–Crippen MR) is 164 cm³/mol. The number of sulfonamides is 1. The fraction of sp³-hybridized carbons (Fsp3) is 0.387. The highest BCUT2D eigenvalue weighted by Crippen LogP contribution is 2.23. The molecule has 1 aliphatic rings. The molecular formula is C31H39N5O6S. The third kappa shape index (κ3) is 8.09. The number of aliphatic hydroxyl groups is 1. The minimum Gasteiger partial charge on any atom is -0.434 e. The lowest BCUT2D eigenvalue weighted by atomic mass is 10.0. The maximum Gasteiger partial charge on any atom is 0.416 e. The highest BCUT2D eigenvalue weighted by atomic mass is 32.2. The van der Waals surface area contributed by atoms with E-state index in [1.54, 1.807) is 18.3 Å². The number of ether oxygens (including phenoxy) is 1. The quantitative estimate of drug-likeness (QED) is 0.250. The van der Waals surface area contributed by atoms with Gasteiger partial charge >= 0.3 is 6.09 Å². The normalized spacial score (nSPS) is 17.4. The molecule has 2 aromatic carbocycles. The van der Waals surface area contributed by atoms with Crippen LogP contribution in [-0.2, 0) is 26.0 Å². The van der Waals surface area contributed by atoms with Crippen LogP contribution in [0.3, 0.4) is 0 Å². The Kier molecular flexibility index (Phi) is 10.4. The van der Waals surface area contributed by atoms with Crippen molar-refractivity contribution in [3.63, 3.8) is 0 Å². The molecule has 11 nitrogen and oxygen atoms in total. The van der Waals surface area contributed by atoms with Crippen LogP contribution in [0.5, 0.6) is 0 Å². The van der Waals surface area contributed by atoms with Crippen LogP contribution in [-0.4, -0.2) is 72.7 Å². The molecule has 230 valence electrons. The van der Waals surface area contributed by atoms with E-state index in [1.807, 2.05) is 51.1 Å². The fourth-order valence-electron chi connectivity index (χ4n) is 4.75. The molecule has 0 saturated carbocycles. The van der Waals surface area contributed by atoms with Gasteiger partial charge in [-0.05, 0) is 66.8 Å². The Morgan fingerprint density at radius 3 is 2.51 bits per heavy atom. The van der Waals surface area contributed by atoms with Crippen LogP contribution in [0, 0.1) is 12.8 Å². The summed E-state index contributed by atoms with van der Waals surface area (Å²) in [5, 5.41) is 14.3. The zero-order valence-corrected chi connectivity index (χ0v) is 25.4. The van der Waals surface area contributed by atoms with Crippen molar-refractivity contribution in [2.75, 3.05) is 30.3 Å². The van der Waals surface area contributed by atoms with E-state index in [4.69, 9.17) is 10.5 Å². The van der Waals surface area contributed by atoms with Crippen molar-refractivity contribution in [3.8, 4) is 0 Å². The molecule has 0 bridgehead atoms. The smallest absolute Gasteiger partial charge is 0.416 e. The molecule has 0 radical (unpaired) electrons. The number of cyclic esters (lactones) is 1. The van der Waals surface area contributed by atoms with Gasteiger partial charge < -0.3 is 20.9 Å². The number of nitrogen functional groups attached to an aromatic ring is 1. The minimum atomic E-state index is -4.00. The first-order valence-electron chi connectivity index (χ1n) is 14.3. The summed E-state index contributed by atoms with van der Waals surface area (Å²) in [6, 6.07) is 17.8. The summed E-state index contributed by atoms with van der Waals surface area (Å²) >= 11 is 0. The van der Waals surface area contributed by atoms with E-state index in [0.717, 1.165) is 17.5 Å². The van der Waals surface area contributed by atoms with E-state index in [0.29, 0.717) is 11.5 Å². The molecule has 3 aromatic rings. The van der Waals surface area contributed by atoms with Crippen LogP contribution in [0.25, 0.3) is 0 Å². The Balaban J connectivity index is 1.56. The minimum absolute atomic E-state index is 0.0111. The number of rotatable bonds is 13. The molecule has 4 atom stereocenters. The summed E-state index contributed by atoms with van der Waals surface area (Å²) in [4.78, 5) is 31.6. The molecule has 2 heterocycles. The van der Waals surface area contributed by atoms with E-state index in [-0.39, 0.29) is 36.9 Å². The van der Waals surface area contributed by atoms with Crippen LogP contribution in [0.2, 0.25) is 0 Å². The SMILES string of the molecule is CC[C@H](C)CN(C[C@@H](O)[C@H](Cc1ccccc1)NC(=O)C1CN(c2cc(C)ccn2)C(=O)O1)S(=O)(=O)c1ccc(N)cc1. The monoisotopic (exact) mass is 609 g/mol. The zero-order chi connectivity index (χ0) is 31.1. The Morgan fingerprint density at radius 1 is 1.16 bits per heavy atom. The van der Waals surface area contributed by atoms with Crippen LogP contribution in [0.15, 0.2) is 77.8 Å². The number of anilines is 2.